The summed E-state index contributed by atoms with van der Waals surface area (Å²) in [6.07, 6.45) is 3.27. The Labute approximate surface area is 152 Å². The number of hydrogen-bond donors (Lipinski definition) is 0. The van der Waals surface area contributed by atoms with Crippen LogP contribution in [0, 0.1) is 0 Å². The molecule has 0 aliphatic rings. The molecule has 0 fully saturated rings. The van der Waals surface area contributed by atoms with Crippen molar-refractivity contribution in [3.8, 4) is 0 Å². The number of Topliss-reactive ketones (excluding diaryl/α,β-unsaturated/α-hetero) is 1. The monoisotopic (exact) mass is 347 g/mol. The van der Waals surface area contributed by atoms with Gasteiger partial charge in [0.2, 0.25) is 0 Å². The lowest BCUT2D eigenvalue weighted by Gasteiger charge is -2.06. The molecule has 132 valence electrons. The molecule has 3 rings (SSSR count). The van der Waals surface area contributed by atoms with Crippen molar-refractivity contribution in [2.45, 2.75) is 26.2 Å². The van der Waals surface area contributed by atoms with Crippen molar-refractivity contribution in [1.29, 1.82) is 0 Å². The highest BCUT2D eigenvalue weighted by atomic mass is 16.5. The summed E-state index contributed by atoms with van der Waals surface area (Å²) in [7, 11) is 0. The van der Waals surface area contributed by atoms with Gasteiger partial charge in [-0.2, -0.15) is 0 Å². The zero-order valence-corrected chi connectivity index (χ0v) is 14.8. The third kappa shape index (κ3) is 4.33. The van der Waals surface area contributed by atoms with Crippen molar-refractivity contribution >= 4 is 22.7 Å². The number of aryl methyl sites for hydroxylation is 1. The highest BCUT2D eigenvalue weighted by molar-refractivity contribution is 5.99. The minimum absolute atomic E-state index is 0.200. The van der Waals surface area contributed by atoms with Crippen molar-refractivity contribution < 1.29 is 14.3 Å². The summed E-state index contributed by atoms with van der Waals surface area (Å²) in [5.74, 6) is -0.815. The molecule has 0 aliphatic carbocycles. The van der Waals surface area contributed by atoms with Gasteiger partial charge in [-0.25, -0.2) is 9.78 Å². The van der Waals surface area contributed by atoms with Crippen LogP contribution in [0.15, 0.2) is 60.7 Å². The number of carbonyl (C=O) groups excluding carboxylic acids is 2. The molecule has 1 aromatic heterocycles. The summed E-state index contributed by atoms with van der Waals surface area (Å²) < 4.78 is 5.14. The number of aromatic nitrogens is 1. The maximum atomic E-state index is 12.2. The Balaban J connectivity index is 1.60. The SMILES string of the molecule is CCCCc1ccc(C(=O)COC(=O)c2ccc3ccccc3n2)cc1. The third-order valence-corrected chi connectivity index (χ3v) is 4.24. The predicted octanol–water partition coefficient (Wildman–Crippen LogP) is 4.62. The number of ketones is 1. The van der Waals surface area contributed by atoms with Gasteiger partial charge in [-0.1, -0.05) is 61.9 Å². The van der Waals surface area contributed by atoms with Gasteiger partial charge in [-0.05, 0) is 30.5 Å². The number of nitrogens with zero attached hydrogens (tertiary/aromatic N) is 1. The van der Waals surface area contributed by atoms with Gasteiger partial charge in [0.05, 0.1) is 5.52 Å². The lowest BCUT2D eigenvalue weighted by molar-refractivity contribution is 0.0469. The van der Waals surface area contributed by atoms with E-state index in [1.54, 1.807) is 18.2 Å². The van der Waals surface area contributed by atoms with Gasteiger partial charge >= 0.3 is 5.97 Å². The van der Waals surface area contributed by atoms with Crippen molar-refractivity contribution in [1.82, 2.24) is 4.98 Å². The number of esters is 1. The van der Waals surface area contributed by atoms with E-state index in [0.29, 0.717) is 5.56 Å². The van der Waals surface area contributed by atoms with Gasteiger partial charge in [-0.15, -0.1) is 0 Å². The number of pyridine rings is 1. The first kappa shape index (κ1) is 17.8. The molecule has 0 saturated carbocycles. The minimum atomic E-state index is -0.594. The minimum Gasteiger partial charge on any atom is -0.453 e. The maximum absolute atomic E-state index is 12.2. The average Bonchev–Trinajstić information content (AvgIpc) is 2.70. The van der Waals surface area contributed by atoms with Crippen LogP contribution in [0.3, 0.4) is 0 Å². The Kier molecular flexibility index (Phi) is 5.74. The Bertz CT molecular complexity index is 916. The largest absolute Gasteiger partial charge is 0.453 e. The van der Waals surface area contributed by atoms with E-state index in [1.165, 1.54) is 5.56 Å². The van der Waals surface area contributed by atoms with Crippen LogP contribution >= 0.6 is 0 Å². The molecule has 1 heterocycles. The second kappa shape index (κ2) is 8.39. The fraction of sp³-hybridized carbons (Fsp3) is 0.227. The van der Waals surface area contributed by atoms with E-state index in [9.17, 15) is 9.59 Å². The molecule has 4 nitrogen and oxygen atoms in total. The molecule has 0 unspecified atom stereocenters. The summed E-state index contributed by atoms with van der Waals surface area (Å²) in [5, 5.41) is 0.947. The molecule has 0 saturated heterocycles. The summed E-state index contributed by atoms with van der Waals surface area (Å²) >= 11 is 0. The fourth-order valence-corrected chi connectivity index (χ4v) is 2.71. The summed E-state index contributed by atoms with van der Waals surface area (Å²) in [6.45, 7) is 1.86. The quantitative estimate of drug-likeness (QED) is 0.462. The fourth-order valence-electron chi connectivity index (χ4n) is 2.71. The van der Waals surface area contributed by atoms with Crippen LogP contribution in [0.2, 0.25) is 0 Å². The van der Waals surface area contributed by atoms with Gasteiger partial charge in [0, 0.05) is 10.9 Å². The normalized spacial score (nSPS) is 10.7. The molecule has 0 atom stereocenters. The van der Waals surface area contributed by atoms with E-state index >= 15 is 0 Å². The molecule has 0 aliphatic heterocycles. The van der Waals surface area contributed by atoms with E-state index in [4.69, 9.17) is 4.74 Å². The molecule has 26 heavy (non-hydrogen) atoms. The number of fused-ring (bicyclic) bond motifs is 1. The molecular weight excluding hydrogens is 326 g/mol. The topological polar surface area (TPSA) is 56.3 Å². The van der Waals surface area contributed by atoms with Crippen LogP contribution in [0.5, 0.6) is 0 Å². The van der Waals surface area contributed by atoms with E-state index < -0.39 is 5.97 Å². The molecule has 0 amide bonds. The first-order chi connectivity index (χ1) is 12.7. The summed E-state index contributed by atoms with van der Waals surface area (Å²) in [4.78, 5) is 28.7. The first-order valence-electron chi connectivity index (χ1n) is 8.82. The predicted molar refractivity (Wildman–Crippen MR) is 101 cm³/mol. The second-order valence-electron chi connectivity index (χ2n) is 6.19. The maximum Gasteiger partial charge on any atom is 0.357 e. The van der Waals surface area contributed by atoms with Gasteiger partial charge in [0.1, 0.15) is 5.69 Å². The van der Waals surface area contributed by atoms with Crippen LogP contribution in [0.4, 0.5) is 0 Å². The molecule has 0 radical (unpaired) electrons. The van der Waals surface area contributed by atoms with Crippen LogP contribution in [0.25, 0.3) is 10.9 Å². The van der Waals surface area contributed by atoms with Crippen molar-refractivity contribution in [2.24, 2.45) is 0 Å². The van der Waals surface area contributed by atoms with Crippen LogP contribution < -0.4 is 0 Å². The van der Waals surface area contributed by atoms with Gasteiger partial charge in [-0.3, -0.25) is 4.79 Å². The number of benzene rings is 2. The lowest BCUT2D eigenvalue weighted by atomic mass is 10.0. The molecule has 2 aromatic carbocycles. The Morgan fingerprint density at radius 3 is 2.50 bits per heavy atom. The van der Waals surface area contributed by atoms with E-state index in [1.807, 2.05) is 42.5 Å². The highest BCUT2D eigenvalue weighted by Crippen LogP contribution is 2.13. The zero-order chi connectivity index (χ0) is 18.4. The molecular formula is C22H21NO3. The third-order valence-electron chi connectivity index (χ3n) is 4.24. The molecule has 0 N–H and O–H groups in total. The van der Waals surface area contributed by atoms with Crippen molar-refractivity contribution in [3.05, 3.63) is 77.5 Å². The number of hydrogen-bond acceptors (Lipinski definition) is 4. The van der Waals surface area contributed by atoms with Crippen molar-refractivity contribution in [3.63, 3.8) is 0 Å². The first-order valence-corrected chi connectivity index (χ1v) is 8.82. The van der Waals surface area contributed by atoms with Gasteiger partial charge in [0.15, 0.2) is 12.4 Å². The Morgan fingerprint density at radius 2 is 1.73 bits per heavy atom. The number of rotatable bonds is 7. The highest BCUT2D eigenvalue weighted by Gasteiger charge is 2.13. The van der Waals surface area contributed by atoms with Gasteiger partial charge in [0.25, 0.3) is 0 Å². The van der Waals surface area contributed by atoms with Crippen LogP contribution in [-0.4, -0.2) is 23.3 Å². The van der Waals surface area contributed by atoms with Crippen LogP contribution in [-0.2, 0) is 11.2 Å². The van der Waals surface area contributed by atoms with Crippen molar-refractivity contribution in [2.75, 3.05) is 6.61 Å². The number of carbonyl (C=O) groups is 2. The lowest BCUT2D eigenvalue weighted by Crippen LogP contribution is -2.15. The van der Waals surface area contributed by atoms with Crippen LogP contribution in [0.1, 0.15) is 46.2 Å². The Hall–Kier alpha value is -3.01. The molecule has 3 aromatic rings. The molecule has 4 heteroatoms. The Morgan fingerprint density at radius 1 is 0.962 bits per heavy atom. The number of ether oxygens (including phenoxy) is 1. The zero-order valence-electron chi connectivity index (χ0n) is 14.8. The molecule has 0 bridgehead atoms. The van der Waals surface area contributed by atoms with Gasteiger partial charge < -0.3 is 4.74 Å². The average molecular weight is 347 g/mol. The van der Waals surface area contributed by atoms with E-state index in [-0.39, 0.29) is 18.1 Å². The van der Waals surface area contributed by atoms with E-state index in [2.05, 4.69) is 11.9 Å². The molecule has 0 spiro atoms. The standard InChI is InChI=1S/C22H21NO3/c1-2-3-6-16-9-11-18(12-10-16)21(24)15-26-22(25)20-14-13-17-7-4-5-8-19(17)23-20/h4-5,7-14H,2-3,6,15H2,1H3. The summed E-state index contributed by atoms with van der Waals surface area (Å²) in [6, 6.07) is 18.4. The summed E-state index contributed by atoms with van der Waals surface area (Å²) in [5.41, 5.74) is 2.67. The second-order valence-corrected chi connectivity index (χ2v) is 6.19. The van der Waals surface area contributed by atoms with E-state index in [0.717, 1.165) is 30.2 Å². The number of unbranched alkanes of at least 4 members (excludes halogenated alkanes) is 1. The number of para-hydroxylation sites is 1. The smallest absolute Gasteiger partial charge is 0.357 e.